The number of rotatable bonds is 4. The van der Waals surface area contributed by atoms with Crippen molar-refractivity contribution in [2.45, 2.75) is 25.8 Å². The number of hydrogen-bond acceptors (Lipinski definition) is 5. The van der Waals surface area contributed by atoms with Gasteiger partial charge < -0.3 is 10.2 Å². The zero-order valence-corrected chi connectivity index (χ0v) is 11.7. The molecule has 2 aromatic heterocycles. The molecule has 0 spiro atoms. The fourth-order valence-electron chi connectivity index (χ4n) is 2.46. The predicted molar refractivity (Wildman–Crippen MR) is 77.7 cm³/mol. The molecule has 1 saturated heterocycles. The smallest absolute Gasteiger partial charge is 0.244 e. The highest BCUT2D eigenvalue weighted by atomic mass is 15.4. The van der Waals surface area contributed by atoms with E-state index in [2.05, 4.69) is 37.3 Å². The molecule has 1 aliphatic heterocycles. The number of nitrogens with one attached hydrogen (secondary N) is 2. The zero-order chi connectivity index (χ0) is 13.8. The van der Waals surface area contributed by atoms with Crippen LogP contribution in [0.15, 0.2) is 24.5 Å². The maximum absolute atomic E-state index is 4.60. The number of aryl methyl sites for hydroxylation is 2. The molecule has 1 fully saturated rings. The number of aromatic nitrogens is 4. The van der Waals surface area contributed by atoms with Crippen molar-refractivity contribution in [2.24, 2.45) is 0 Å². The second-order valence-electron chi connectivity index (χ2n) is 5.24. The molecule has 106 valence electrons. The van der Waals surface area contributed by atoms with Gasteiger partial charge in [-0.25, -0.2) is 0 Å². The van der Waals surface area contributed by atoms with E-state index >= 15 is 0 Å². The maximum atomic E-state index is 4.60. The highest BCUT2D eigenvalue weighted by Crippen LogP contribution is 2.11. The van der Waals surface area contributed by atoms with E-state index in [0.717, 1.165) is 44.2 Å². The van der Waals surface area contributed by atoms with E-state index in [0.29, 0.717) is 6.04 Å². The van der Waals surface area contributed by atoms with Gasteiger partial charge in [0.25, 0.3) is 0 Å². The Hall–Kier alpha value is -1.95. The first-order valence-corrected chi connectivity index (χ1v) is 7.10. The summed E-state index contributed by atoms with van der Waals surface area (Å²) in [6.45, 7) is 5.10. The Kier molecular flexibility index (Phi) is 3.92. The van der Waals surface area contributed by atoms with Crippen molar-refractivity contribution in [3.05, 3.63) is 35.9 Å². The van der Waals surface area contributed by atoms with Crippen molar-refractivity contribution >= 4 is 5.95 Å². The molecule has 3 rings (SSSR count). The third-order valence-electron chi connectivity index (χ3n) is 3.57. The topological polar surface area (TPSA) is 69.7 Å². The van der Waals surface area contributed by atoms with Crippen molar-refractivity contribution in [1.82, 2.24) is 25.5 Å². The number of anilines is 1. The van der Waals surface area contributed by atoms with Crippen molar-refractivity contribution in [2.75, 3.05) is 24.5 Å². The van der Waals surface area contributed by atoms with E-state index in [-0.39, 0.29) is 0 Å². The van der Waals surface area contributed by atoms with Crippen LogP contribution in [0.1, 0.15) is 18.3 Å². The molecule has 0 aromatic carbocycles. The van der Waals surface area contributed by atoms with Gasteiger partial charge in [0.15, 0.2) is 0 Å². The van der Waals surface area contributed by atoms with Gasteiger partial charge in [0.05, 0.1) is 0 Å². The number of pyridine rings is 1. The van der Waals surface area contributed by atoms with Crippen LogP contribution in [-0.2, 0) is 12.8 Å². The molecule has 0 unspecified atom stereocenters. The molecule has 1 aliphatic rings. The van der Waals surface area contributed by atoms with Crippen molar-refractivity contribution in [1.29, 1.82) is 0 Å². The lowest BCUT2D eigenvalue weighted by Gasteiger charge is -2.30. The van der Waals surface area contributed by atoms with Crippen molar-refractivity contribution in [3.8, 4) is 0 Å². The van der Waals surface area contributed by atoms with Crippen LogP contribution in [0.4, 0.5) is 5.95 Å². The monoisotopic (exact) mass is 272 g/mol. The Morgan fingerprint density at radius 3 is 2.95 bits per heavy atom. The first-order chi connectivity index (χ1) is 9.81. The van der Waals surface area contributed by atoms with Crippen LogP contribution < -0.4 is 10.2 Å². The average Bonchev–Trinajstić information content (AvgIpc) is 2.95. The van der Waals surface area contributed by atoms with E-state index < -0.39 is 0 Å². The Morgan fingerprint density at radius 2 is 2.15 bits per heavy atom. The van der Waals surface area contributed by atoms with E-state index in [4.69, 9.17) is 0 Å². The molecule has 0 amide bonds. The Morgan fingerprint density at radius 1 is 1.30 bits per heavy atom. The van der Waals surface area contributed by atoms with E-state index in [1.54, 1.807) is 0 Å². The fraction of sp³-hybridized carbons (Fsp3) is 0.500. The third-order valence-corrected chi connectivity index (χ3v) is 3.57. The second kappa shape index (κ2) is 6.00. The fourth-order valence-corrected chi connectivity index (χ4v) is 2.46. The summed E-state index contributed by atoms with van der Waals surface area (Å²) in [5.74, 6) is 1.77. The van der Waals surface area contributed by atoms with Gasteiger partial charge in [0.1, 0.15) is 5.82 Å². The molecule has 0 aliphatic carbocycles. The van der Waals surface area contributed by atoms with Crippen LogP contribution in [0.2, 0.25) is 0 Å². The molecule has 2 aromatic rings. The quantitative estimate of drug-likeness (QED) is 0.861. The van der Waals surface area contributed by atoms with Gasteiger partial charge in [-0.1, -0.05) is 0 Å². The summed E-state index contributed by atoms with van der Waals surface area (Å²) >= 11 is 0. The SMILES string of the molecule is C[C@H]1CN(c2n[nH]c(CCc3ccncc3)n2)CCN1. The summed E-state index contributed by atoms with van der Waals surface area (Å²) in [6, 6.07) is 4.56. The molecular formula is C14H20N6. The molecule has 20 heavy (non-hydrogen) atoms. The standard InChI is InChI=1S/C14H20N6/c1-11-10-20(9-8-16-11)14-17-13(18-19-14)3-2-12-4-6-15-7-5-12/h4-7,11,16H,2-3,8-10H2,1H3,(H,17,18,19)/t11-/m0/s1. The van der Waals surface area contributed by atoms with Crippen LogP contribution >= 0.6 is 0 Å². The van der Waals surface area contributed by atoms with E-state index in [9.17, 15) is 0 Å². The lowest BCUT2D eigenvalue weighted by Crippen LogP contribution is -2.49. The van der Waals surface area contributed by atoms with Gasteiger partial charge in [-0.2, -0.15) is 4.98 Å². The molecule has 0 bridgehead atoms. The normalized spacial score (nSPS) is 19.2. The number of nitrogens with zero attached hydrogens (tertiary/aromatic N) is 4. The summed E-state index contributed by atoms with van der Waals surface area (Å²) in [5, 5.41) is 10.8. The van der Waals surface area contributed by atoms with Crippen LogP contribution in [0.3, 0.4) is 0 Å². The number of hydrogen-bond donors (Lipinski definition) is 2. The lowest BCUT2D eigenvalue weighted by molar-refractivity contribution is 0.479. The van der Waals surface area contributed by atoms with Crippen LogP contribution in [0.25, 0.3) is 0 Å². The summed E-state index contributed by atoms with van der Waals surface area (Å²) in [6.07, 6.45) is 5.47. The first kappa shape index (κ1) is 13.1. The summed E-state index contributed by atoms with van der Waals surface area (Å²) < 4.78 is 0. The third kappa shape index (κ3) is 3.14. The molecular weight excluding hydrogens is 252 g/mol. The minimum atomic E-state index is 0.488. The predicted octanol–water partition coefficient (Wildman–Crippen LogP) is 0.783. The van der Waals surface area contributed by atoms with Gasteiger partial charge in [-0.05, 0) is 31.0 Å². The van der Waals surface area contributed by atoms with E-state index in [1.165, 1.54) is 5.56 Å². The maximum Gasteiger partial charge on any atom is 0.244 e. The zero-order valence-electron chi connectivity index (χ0n) is 11.7. The van der Waals surface area contributed by atoms with Gasteiger partial charge in [-0.3, -0.25) is 10.1 Å². The highest BCUT2D eigenvalue weighted by Gasteiger charge is 2.19. The number of aromatic amines is 1. The molecule has 2 N–H and O–H groups in total. The van der Waals surface area contributed by atoms with Crippen molar-refractivity contribution in [3.63, 3.8) is 0 Å². The minimum absolute atomic E-state index is 0.488. The molecule has 0 radical (unpaired) electrons. The molecule has 0 saturated carbocycles. The molecule has 6 nitrogen and oxygen atoms in total. The summed E-state index contributed by atoms with van der Waals surface area (Å²) in [7, 11) is 0. The van der Waals surface area contributed by atoms with Crippen molar-refractivity contribution < 1.29 is 0 Å². The lowest BCUT2D eigenvalue weighted by atomic mass is 10.1. The largest absolute Gasteiger partial charge is 0.337 e. The van der Waals surface area contributed by atoms with Crippen LogP contribution in [-0.4, -0.2) is 45.8 Å². The Balaban J connectivity index is 1.59. The van der Waals surface area contributed by atoms with Gasteiger partial charge in [-0.15, -0.1) is 5.10 Å². The van der Waals surface area contributed by atoms with Crippen LogP contribution in [0.5, 0.6) is 0 Å². The highest BCUT2D eigenvalue weighted by molar-refractivity contribution is 5.30. The van der Waals surface area contributed by atoms with Gasteiger partial charge in [0, 0.05) is 44.5 Å². The molecule has 3 heterocycles. The average molecular weight is 272 g/mol. The Labute approximate surface area is 118 Å². The molecule has 6 heteroatoms. The number of piperazine rings is 1. The van der Waals surface area contributed by atoms with Gasteiger partial charge >= 0.3 is 0 Å². The van der Waals surface area contributed by atoms with E-state index in [1.807, 2.05) is 24.5 Å². The Bertz CT molecular complexity index is 538. The van der Waals surface area contributed by atoms with Crippen LogP contribution in [0, 0.1) is 0 Å². The molecule has 1 atom stereocenters. The summed E-state index contributed by atoms with van der Waals surface area (Å²) in [4.78, 5) is 10.9. The minimum Gasteiger partial charge on any atom is -0.337 e. The number of H-pyrrole nitrogens is 1. The van der Waals surface area contributed by atoms with Gasteiger partial charge in [0.2, 0.25) is 5.95 Å². The second-order valence-corrected chi connectivity index (χ2v) is 5.24. The first-order valence-electron chi connectivity index (χ1n) is 7.10. The summed E-state index contributed by atoms with van der Waals surface area (Å²) in [5.41, 5.74) is 1.27.